The summed E-state index contributed by atoms with van der Waals surface area (Å²) >= 11 is 1.20. The number of nitrogens with one attached hydrogen (secondary N) is 2. The summed E-state index contributed by atoms with van der Waals surface area (Å²) in [6.45, 7) is 10.3. The highest BCUT2D eigenvalue weighted by molar-refractivity contribution is 7.99. The molecule has 0 unspecified atom stereocenters. The Morgan fingerprint density at radius 2 is 1.75 bits per heavy atom. The molecule has 0 saturated carbocycles. The third-order valence-corrected chi connectivity index (χ3v) is 4.44. The molecule has 12 heteroatoms. The quantitative estimate of drug-likeness (QED) is 0.195. The number of carbonyl (C=O) groups excluding carboxylic acids is 3. The molecule has 176 valence electrons. The first-order valence-electron chi connectivity index (χ1n) is 9.99. The third kappa shape index (κ3) is 8.69. The van der Waals surface area contributed by atoms with Crippen LogP contribution in [0, 0.1) is 0 Å². The van der Waals surface area contributed by atoms with Crippen LogP contribution >= 0.6 is 11.8 Å². The number of fused-ring (bicyclic) bond motifs is 1. The molecular weight excluding hydrogens is 438 g/mol. The van der Waals surface area contributed by atoms with Gasteiger partial charge < -0.3 is 24.5 Å². The molecule has 0 aliphatic rings. The lowest BCUT2D eigenvalue weighted by Gasteiger charge is -2.26. The summed E-state index contributed by atoms with van der Waals surface area (Å²) in [5, 5.41) is 3.07. The Labute approximate surface area is 190 Å². The van der Waals surface area contributed by atoms with Crippen LogP contribution in [-0.4, -0.2) is 61.2 Å². The average molecular weight is 468 g/mol. The van der Waals surface area contributed by atoms with Crippen LogP contribution in [0.1, 0.15) is 54.4 Å². The van der Waals surface area contributed by atoms with E-state index in [0.717, 1.165) is 0 Å². The van der Waals surface area contributed by atoms with Gasteiger partial charge in [-0.2, -0.15) is 0 Å². The van der Waals surface area contributed by atoms with Crippen LogP contribution in [0.25, 0.3) is 11.2 Å². The maximum absolute atomic E-state index is 12.5. The van der Waals surface area contributed by atoms with E-state index >= 15 is 0 Å². The van der Waals surface area contributed by atoms with Crippen molar-refractivity contribution in [3.8, 4) is 0 Å². The second kappa shape index (κ2) is 10.6. The molecule has 0 radical (unpaired) electrons. The van der Waals surface area contributed by atoms with Crippen molar-refractivity contribution in [2.45, 2.75) is 76.7 Å². The molecule has 0 aliphatic carbocycles. The van der Waals surface area contributed by atoms with Crippen LogP contribution < -0.4 is 5.32 Å². The van der Waals surface area contributed by atoms with Crippen molar-refractivity contribution < 1.29 is 28.6 Å². The molecule has 32 heavy (non-hydrogen) atoms. The molecule has 1 atom stereocenters. The minimum absolute atomic E-state index is 0.00401. The summed E-state index contributed by atoms with van der Waals surface area (Å²) in [6, 6.07) is -1.06. The number of rotatable bonds is 8. The molecule has 0 aliphatic heterocycles. The zero-order chi connectivity index (χ0) is 23.9. The fourth-order valence-electron chi connectivity index (χ4n) is 2.41. The van der Waals surface area contributed by atoms with Crippen LogP contribution in [-0.2, 0) is 23.8 Å². The normalized spacial score (nSPS) is 12.8. The minimum atomic E-state index is -1.06. The highest BCUT2D eigenvalue weighted by Crippen LogP contribution is 2.22. The van der Waals surface area contributed by atoms with Crippen molar-refractivity contribution in [3.63, 3.8) is 0 Å². The van der Waals surface area contributed by atoms with Crippen molar-refractivity contribution in [3.05, 3.63) is 12.7 Å². The number of imidazole rings is 1. The fraction of sp³-hybridized carbons (Fsp3) is 0.600. The third-order valence-electron chi connectivity index (χ3n) is 3.62. The van der Waals surface area contributed by atoms with Gasteiger partial charge in [-0.1, -0.05) is 11.8 Å². The lowest BCUT2D eigenvalue weighted by molar-refractivity contribution is -0.157. The predicted molar refractivity (Wildman–Crippen MR) is 117 cm³/mol. The molecule has 0 fully saturated rings. The van der Waals surface area contributed by atoms with E-state index in [1.807, 2.05) is 0 Å². The number of carbonyl (C=O) groups is 3. The number of aromatic nitrogens is 4. The van der Waals surface area contributed by atoms with Gasteiger partial charge in [0.2, 0.25) is 0 Å². The van der Waals surface area contributed by atoms with Crippen LogP contribution in [0.5, 0.6) is 0 Å². The first-order chi connectivity index (χ1) is 14.8. The van der Waals surface area contributed by atoms with Crippen LogP contribution in [0.2, 0.25) is 0 Å². The minimum Gasteiger partial charge on any atom is -0.458 e. The van der Waals surface area contributed by atoms with Gasteiger partial charge >= 0.3 is 18.0 Å². The van der Waals surface area contributed by atoms with E-state index in [1.54, 1.807) is 41.5 Å². The Kier molecular flexibility index (Phi) is 8.42. The summed E-state index contributed by atoms with van der Waals surface area (Å²) < 4.78 is 15.8. The van der Waals surface area contributed by atoms with Gasteiger partial charge in [-0.05, 0) is 48.0 Å². The predicted octanol–water partition coefficient (Wildman–Crippen LogP) is 2.96. The van der Waals surface area contributed by atoms with E-state index in [0.29, 0.717) is 16.2 Å². The summed E-state index contributed by atoms with van der Waals surface area (Å²) in [5.74, 6) is -1.18. The highest BCUT2D eigenvalue weighted by Gasteiger charge is 2.29. The highest BCUT2D eigenvalue weighted by atomic mass is 32.2. The largest absolute Gasteiger partial charge is 0.458 e. The second-order valence-corrected chi connectivity index (χ2v) is 9.74. The van der Waals surface area contributed by atoms with Crippen LogP contribution in [0.4, 0.5) is 4.79 Å². The Balaban J connectivity index is 1.89. The number of esters is 2. The topological polar surface area (TPSA) is 145 Å². The van der Waals surface area contributed by atoms with E-state index < -0.39 is 35.3 Å². The lowest BCUT2D eigenvalue weighted by Crippen LogP contribution is -2.46. The zero-order valence-corrected chi connectivity index (χ0v) is 19.9. The Bertz CT molecular complexity index is 950. The van der Waals surface area contributed by atoms with Crippen molar-refractivity contribution in [1.29, 1.82) is 0 Å². The molecule has 0 spiro atoms. The Morgan fingerprint density at radius 1 is 1.06 bits per heavy atom. The molecule has 1 amide bonds. The molecule has 0 bridgehead atoms. The maximum atomic E-state index is 12.5. The molecule has 2 aromatic heterocycles. The number of ether oxygens (including phenoxy) is 3. The molecule has 2 rings (SSSR count). The molecule has 11 nitrogen and oxygen atoms in total. The number of hydrogen-bond acceptors (Lipinski definition) is 10. The number of hydrogen-bond donors (Lipinski definition) is 2. The second-order valence-electron chi connectivity index (χ2n) is 8.83. The van der Waals surface area contributed by atoms with Crippen molar-refractivity contribution in [1.82, 2.24) is 25.3 Å². The van der Waals surface area contributed by atoms with Gasteiger partial charge in [0.15, 0.2) is 5.65 Å². The first kappa shape index (κ1) is 25.4. The van der Waals surface area contributed by atoms with Crippen molar-refractivity contribution in [2.75, 3.05) is 5.94 Å². The molecule has 2 heterocycles. The van der Waals surface area contributed by atoms with Gasteiger partial charge in [0.1, 0.15) is 40.1 Å². The van der Waals surface area contributed by atoms with Crippen LogP contribution in [0.15, 0.2) is 17.7 Å². The Morgan fingerprint density at radius 3 is 2.41 bits per heavy atom. The number of thioether (sulfide) groups is 1. The van der Waals surface area contributed by atoms with E-state index in [9.17, 15) is 14.4 Å². The molecular formula is C20H29N5O6S. The van der Waals surface area contributed by atoms with Crippen molar-refractivity contribution >= 4 is 41.0 Å². The standard InChI is InChI=1S/C20H29N5O6S/c1-19(2,3)30-17(27)12(25-18(28)31-20(4,5)6)7-8-13(26)29-11-32-16-14-15(22-9-21-14)23-10-24-16/h9-10,12H,7-8,11H2,1-6H3,(H,25,28)(H,21,22,23,24)/t12-/m1/s1. The fourth-order valence-corrected chi connectivity index (χ4v) is 3.13. The molecule has 0 saturated heterocycles. The van der Waals surface area contributed by atoms with Crippen LogP contribution in [0.3, 0.4) is 0 Å². The molecule has 0 aromatic carbocycles. The van der Waals surface area contributed by atoms with E-state index in [-0.39, 0.29) is 18.8 Å². The van der Waals surface area contributed by atoms with Gasteiger partial charge in [-0.25, -0.2) is 24.5 Å². The van der Waals surface area contributed by atoms with Gasteiger partial charge in [-0.15, -0.1) is 0 Å². The number of aromatic amines is 1. The lowest BCUT2D eigenvalue weighted by atomic mass is 10.1. The van der Waals surface area contributed by atoms with Gasteiger partial charge in [0.05, 0.1) is 6.33 Å². The maximum Gasteiger partial charge on any atom is 0.408 e. The van der Waals surface area contributed by atoms with Gasteiger partial charge in [0.25, 0.3) is 0 Å². The average Bonchev–Trinajstić information content (AvgIpc) is 3.11. The number of H-pyrrole nitrogens is 1. The van der Waals surface area contributed by atoms with E-state index in [1.165, 1.54) is 24.4 Å². The molecule has 2 N–H and O–H groups in total. The number of amides is 1. The summed E-state index contributed by atoms with van der Waals surface area (Å²) in [7, 11) is 0. The van der Waals surface area contributed by atoms with E-state index in [4.69, 9.17) is 14.2 Å². The summed E-state index contributed by atoms with van der Waals surface area (Å²) in [5.41, 5.74) is -0.320. The first-order valence-corrected chi connectivity index (χ1v) is 11.0. The summed E-state index contributed by atoms with van der Waals surface area (Å²) in [4.78, 5) is 51.9. The summed E-state index contributed by atoms with van der Waals surface area (Å²) in [6.07, 6.45) is 1.99. The Hall–Kier alpha value is -2.89. The molecule has 2 aromatic rings. The van der Waals surface area contributed by atoms with Gasteiger partial charge in [0, 0.05) is 6.42 Å². The van der Waals surface area contributed by atoms with Crippen molar-refractivity contribution in [2.24, 2.45) is 0 Å². The number of nitrogens with zero attached hydrogens (tertiary/aromatic N) is 3. The number of alkyl carbamates (subject to hydrolysis) is 1. The monoisotopic (exact) mass is 467 g/mol. The smallest absolute Gasteiger partial charge is 0.408 e. The zero-order valence-electron chi connectivity index (χ0n) is 19.1. The van der Waals surface area contributed by atoms with Gasteiger partial charge in [-0.3, -0.25) is 4.79 Å². The SMILES string of the molecule is CC(C)(C)OC(=O)N[C@H](CCC(=O)OCSc1ncnc2nc[nH]c12)C(=O)OC(C)(C)C. The van der Waals surface area contributed by atoms with E-state index in [2.05, 4.69) is 25.3 Å².